The lowest BCUT2D eigenvalue weighted by Crippen LogP contribution is -2.28. The van der Waals surface area contributed by atoms with Gasteiger partial charge in [0.1, 0.15) is 0 Å². The maximum absolute atomic E-state index is 3.23. The molecular formula is C15H16N2S. The molecule has 2 aromatic carbocycles. The Morgan fingerprint density at radius 2 is 1.50 bits per heavy atom. The summed E-state index contributed by atoms with van der Waals surface area (Å²) in [4.78, 5) is 5.08. The minimum absolute atomic E-state index is 0.979. The van der Waals surface area contributed by atoms with Crippen molar-refractivity contribution in [3.63, 3.8) is 0 Å². The molecule has 3 rings (SSSR count). The van der Waals surface area contributed by atoms with E-state index >= 15 is 0 Å². The molecule has 2 nitrogen and oxygen atoms in total. The van der Waals surface area contributed by atoms with Gasteiger partial charge in [0.15, 0.2) is 0 Å². The minimum atomic E-state index is 0.979. The van der Waals surface area contributed by atoms with E-state index in [4.69, 9.17) is 0 Å². The van der Waals surface area contributed by atoms with E-state index in [1.807, 2.05) is 18.8 Å². The number of fused-ring (bicyclic) bond motifs is 2. The molecule has 0 bridgehead atoms. The largest absolute Gasteiger partial charge is 0.338 e. The first-order chi connectivity index (χ1) is 8.90. The summed E-state index contributed by atoms with van der Waals surface area (Å²) < 4.78 is 0. The van der Waals surface area contributed by atoms with Crippen molar-refractivity contribution in [2.45, 2.75) is 9.79 Å². The Morgan fingerprint density at radius 1 is 0.944 bits per heavy atom. The van der Waals surface area contributed by atoms with Gasteiger partial charge in [0.25, 0.3) is 0 Å². The molecule has 3 heteroatoms. The smallest absolute Gasteiger partial charge is 0.0553 e. The number of benzene rings is 2. The van der Waals surface area contributed by atoms with Gasteiger partial charge in [-0.2, -0.15) is 0 Å². The summed E-state index contributed by atoms with van der Waals surface area (Å²) in [6.45, 7) is 1.97. The normalized spacial score (nSPS) is 13.1. The second-order valence-electron chi connectivity index (χ2n) is 4.29. The van der Waals surface area contributed by atoms with Gasteiger partial charge in [-0.3, -0.25) is 0 Å². The SMILES string of the molecule is CNCCN1c2ccccc2Sc2ccccc21. The first kappa shape index (κ1) is 11.6. The van der Waals surface area contributed by atoms with Gasteiger partial charge in [-0.25, -0.2) is 0 Å². The van der Waals surface area contributed by atoms with Crippen LogP contribution in [0.3, 0.4) is 0 Å². The molecule has 1 heterocycles. The molecule has 2 aromatic rings. The van der Waals surface area contributed by atoms with E-state index in [-0.39, 0.29) is 0 Å². The number of nitrogens with zero attached hydrogens (tertiary/aromatic N) is 1. The van der Waals surface area contributed by atoms with Gasteiger partial charge >= 0.3 is 0 Å². The molecule has 1 aliphatic heterocycles. The molecule has 0 atom stereocenters. The van der Waals surface area contributed by atoms with Crippen molar-refractivity contribution in [1.29, 1.82) is 0 Å². The topological polar surface area (TPSA) is 15.3 Å². The van der Waals surface area contributed by atoms with Crippen LogP contribution in [0, 0.1) is 0 Å². The monoisotopic (exact) mass is 256 g/mol. The van der Waals surface area contributed by atoms with E-state index in [9.17, 15) is 0 Å². The van der Waals surface area contributed by atoms with E-state index < -0.39 is 0 Å². The molecule has 18 heavy (non-hydrogen) atoms. The first-order valence-corrected chi connectivity index (χ1v) is 7.00. The quantitative estimate of drug-likeness (QED) is 0.904. The molecule has 0 amide bonds. The van der Waals surface area contributed by atoms with Crippen molar-refractivity contribution in [3.8, 4) is 0 Å². The molecule has 0 saturated heterocycles. The molecule has 0 aliphatic carbocycles. The summed E-state index contributed by atoms with van der Waals surface area (Å²) in [6, 6.07) is 17.2. The summed E-state index contributed by atoms with van der Waals surface area (Å²) >= 11 is 1.86. The van der Waals surface area contributed by atoms with Crippen molar-refractivity contribution in [2.24, 2.45) is 0 Å². The fourth-order valence-corrected chi connectivity index (χ4v) is 3.34. The third-order valence-corrected chi connectivity index (χ3v) is 4.25. The van der Waals surface area contributed by atoms with E-state index in [2.05, 4.69) is 58.7 Å². The lowest BCUT2D eigenvalue weighted by atomic mass is 10.2. The summed E-state index contributed by atoms with van der Waals surface area (Å²) in [5, 5.41) is 3.23. The predicted octanol–water partition coefficient (Wildman–Crippen LogP) is 3.51. The fraction of sp³-hybridized carbons (Fsp3) is 0.200. The van der Waals surface area contributed by atoms with E-state index in [0.29, 0.717) is 0 Å². The summed E-state index contributed by atoms with van der Waals surface area (Å²) in [5.74, 6) is 0. The molecule has 1 N–H and O–H groups in total. The fourth-order valence-electron chi connectivity index (χ4n) is 2.25. The van der Waals surface area contributed by atoms with Gasteiger partial charge in [0.05, 0.1) is 11.4 Å². The number of nitrogens with one attached hydrogen (secondary N) is 1. The minimum Gasteiger partial charge on any atom is -0.338 e. The molecule has 0 fully saturated rings. The Kier molecular flexibility index (Phi) is 3.26. The first-order valence-electron chi connectivity index (χ1n) is 6.18. The predicted molar refractivity (Wildman–Crippen MR) is 77.9 cm³/mol. The van der Waals surface area contributed by atoms with Crippen LogP contribution in [0.15, 0.2) is 58.3 Å². The van der Waals surface area contributed by atoms with E-state index in [1.54, 1.807) is 0 Å². The van der Waals surface area contributed by atoms with Gasteiger partial charge < -0.3 is 10.2 Å². The van der Waals surface area contributed by atoms with Crippen molar-refractivity contribution in [1.82, 2.24) is 5.32 Å². The second kappa shape index (κ2) is 5.04. The van der Waals surface area contributed by atoms with Crippen LogP contribution < -0.4 is 10.2 Å². The molecule has 0 unspecified atom stereocenters. The van der Waals surface area contributed by atoms with Crippen molar-refractivity contribution >= 4 is 23.1 Å². The maximum atomic E-state index is 3.23. The standard InChI is InChI=1S/C15H16N2S/c1-16-10-11-17-12-6-2-4-8-14(12)18-15-9-5-3-7-13(15)17/h2-9,16H,10-11H2,1H3. The number of anilines is 2. The van der Waals surface area contributed by atoms with Crippen molar-refractivity contribution in [3.05, 3.63) is 48.5 Å². The van der Waals surface area contributed by atoms with Gasteiger partial charge in [-0.1, -0.05) is 36.0 Å². The maximum Gasteiger partial charge on any atom is 0.0553 e. The van der Waals surface area contributed by atoms with Crippen LogP contribution in [0.25, 0.3) is 0 Å². The second-order valence-corrected chi connectivity index (χ2v) is 5.38. The Hall–Kier alpha value is -1.45. The number of rotatable bonds is 3. The zero-order valence-electron chi connectivity index (χ0n) is 10.4. The van der Waals surface area contributed by atoms with E-state index in [1.165, 1.54) is 21.2 Å². The number of para-hydroxylation sites is 2. The Bertz CT molecular complexity index is 508. The van der Waals surface area contributed by atoms with E-state index in [0.717, 1.165) is 13.1 Å². The van der Waals surface area contributed by atoms with Crippen LogP contribution in [0.2, 0.25) is 0 Å². The Labute approximate surface area is 112 Å². The molecule has 0 aromatic heterocycles. The highest BCUT2D eigenvalue weighted by molar-refractivity contribution is 7.99. The summed E-state index contributed by atoms with van der Waals surface area (Å²) in [7, 11) is 2.00. The van der Waals surface area contributed by atoms with Crippen LogP contribution >= 0.6 is 11.8 Å². The van der Waals surface area contributed by atoms with Crippen molar-refractivity contribution in [2.75, 3.05) is 25.0 Å². The number of hydrogen-bond acceptors (Lipinski definition) is 3. The molecular weight excluding hydrogens is 240 g/mol. The average molecular weight is 256 g/mol. The third kappa shape index (κ3) is 2.00. The molecule has 0 radical (unpaired) electrons. The van der Waals surface area contributed by atoms with Gasteiger partial charge in [0, 0.05) is 22.9 Å². The van der Waals surface area contributed by atoms with Crippen LogP contribution in [0.5, 0.6) is 0 Å². The highest BCUT2D eigenvalue weighted by Crippen LogP contribution is 2.47. The lowest BCUT2D eigenvalue weighted by molar-refractivity contribution is 0.776. The van der Waals surface area contributed by atoms with Gasteiger partial charge in [-0.15, -0.1) is 0 Å². The summed E-state index contributed by atoms with van der Waals surface area (Å²) in [6.07, 6.45) is 0. The molecule has 0 spiro atoms. The third-order valence-electron chi connectivity index (χ3n) is 3.12. The van der Waals surface area contributed by atoms with Gasteiger partial charge in [-0.05, 0) is 31.3 Å². The Morgan fingerprint density at radius 3 is 2.06 bits per heavy atom. The molecule has 92 valence electrons. The lowest BCUT2D eigenvalue weighted by Gasteiger charge is -2.32. The molecule has 0 saturated carbocycles. The highest BCUT2D eigenvalue weighted by Gasteiger charge is 2.21. The zero-order chi connectivity index (χ0) is 12.4. The highest BCUT2D eigenvalue weighted by atomic mass is 32.2. The summed E-state index contributed by atoms with van der Waals surface area (Å²) in [5.41, 5.74) is 2.63. The number of hydrogen-bond donors (Lipinski definition) is 1. The van der Waals surface area contributed by atoms with Crippen LogP contribution in [0.1, 0.15) is 0 Å². The average Bonchev–Trinajstić information content (AvgIpc) is 2.43. The molecule has 1 aliphatic rings. The van der Waals surface area contributed by atoms with Gasteiger partial charge in [0.2, 0.25) is 0 Å². The Balaban J connectivity index is 2.05. The number of likely N-dealkylation sites (N-methyl/N-ethyl adjacent to an activating group) is 1. The van der Waals surface area contributed by atoms with Crippen LogP contribution in [-0.4, -0.2) is 20.1 Å². The van der Waals surface area contributed by atoms with Crippen LogP contribution in [0.4, 0.5) is 11.4 Å². The van der Waals surface area contributed by atoms with Crippen LogP contribution in [-0.2, 0) is 0 Å². The zero-order valence-corrected chi connectivity index (χ0v) is 11.2. The van der Waals surface area contributed by atoms with Crippen molar-refractivity contribution < 1.29 is 0 Å².